The normalized spacial score (nSPS) is 11.3. The summed E-state index contributed by atoms with van der Waals surface area (Å²) in [5.74, 6) is 0.988. The summed E-state index contributed by atoms with van der Waals surface area (Å²) in [7, 11) is 1.70. The van der Waals surface area contributed by atoms with E-state index in [2.05, 4.69) is 25.5 Å². The van der Waals surface area contributed by atoms with Gasteiger partial charge in [-0.05, 0) is 37.3 Å². The van der Waals surface area contributed by atoms with Gasteiger partial charge in [0, 0.05) is 25.7 Å². The lowest BCUT2D eigenvalue weighted by molar-refractivity contribution is 0.0954. The fourth-order valence-electron chi connectivity index (χ4n) is 3.30. The molecule has 4 heterocycles. The van der Waals surface area contributed by atoms with Gasteiger partial charge in [-0.15, -0.1) is 11.3 Å². The Bertz CT molecular complexity index is 1220. The first-order chi connectivity index (χ1) is 14.5. The van der Waals surface area contributed by atoms with Crippen LogP contribution < -0.4 is 10.9 Å². The van der Waals surface area contributed by atoms with Crippen molar-refractivity contribution in [1.82, 2.24) is 30.2 Å². The zero-order valence-electron chi connectivity index (χ0n) is 16.8. The highest BCUT2D eigenvalue weighted by molar-refractivity contribution is 7.13. The molecule has 0 saturated heterocycles. The average Bonchev–Trinajstić information content (AvgIpc) is 3.45. The third-order valence-corrected chi connectivity index (χ3v) is 5.62. The Balaban J connectivity index is 1.26. The van der Waals surface area contributed by atoms with Crippen molar-refractivity contribution >= 4 is 28.3 Å². The number of aromatic nitrogens is 5. The fraction of sp³-hybridized carbons (Fsp3) is 0.350. The number of amides is 1. The van der Waals surface area contributed by atoms with Crippen LogP contribution in [-0.4, -0.2) is 37.4 Å². The molecule has 0 atom stereocenters. The number of carbonyl (C=O) groups excluding carboxylic acids is 1. The number of thiophene rings is 1. The molecule has 0 fully saturated rings. The summed E-state index contributed by atoms with van der Waals surface area (Å²) in [6.45, 7) is 2.33. The summed E-state index contributed by atoms with van der Waals surface area (Å²) in [6, 6.07) is 5.56. The topological polar surface area (TPSA) is 119 Å². The van der Waals surface area contributed by atoms with Gasteiger partial charge >= 0.3 is 0 Å². The van der Waals surface area contributed by atoms with Crippen LogP contribution in [0.5, 0.6) is 0 Å². The Morgan fingerprint density at radius 1 is 1.30 bits per heavy atom. The van der Waals surface area contributed by atoms with Crippen molar-refractivity contribution < 1.29 is 9.32 Å². The molecular weight excluding hydrogens is 404 g/mol. The summed E-state index contributed by atoms with van der Waals surface area (Å²) in [4.78, 5) is 34.5. The first kappa shape index (κ1) is 20.0. The molecular formula is C20H22N6O3S. The summed E-state index contributed by atoms with van der Waals surface area (Å²) in [5.41, 5.74) is 1.20. The SMILES string of the molecule is Cc1cc(C(=O)NCCCCCc2nc(-c3cccs3)no2)c2c(=O)[nH]n(C)c2n1. The molecule has 156 valence electrons. The fourth-order valence-corrected chi connectivity index (χ4v) is 3.95. The zero-order valence-corrected chi connectivity index (χ0v) is 17.6. The largest absolute Gasteiger partial charge is 0.352 e. The second-order valence-corrected chi connectivity index (χ2v) is 8.01. The molecule has 4 rings (SSSR count). The van der Waals surface area contributed by atoms with Gasteiger partial charge in [0.25, 0.3) is 11.5 Å². The van der Waals surface area contributed by atoms with Crippen molar-refractivity contribution in [3.05, 3.63) is 51.1 Å². The number of fused-ring (bicyclic) bond motifs is 1. The van der Waals surface area contributed by atoms with E-state index >= 15 is 0 Å². The monoisotopic (exact) mass is 426 g/mol. The molecule has 0 aliphatic heterocycles. The minimum absolute atomic E-state index is 0.264. The first-order valence-electron chi connectivity index (χ1n) is 9.74. The van der Waals surface area contributed by atoms with E-state index in [-0.39, 0.29) is 11.5 Å². The molecule has 0 saturated carbocycles. The van der Waals surface area contributed by atoms with Gasteiger partial charge in [0.05, 0.1) is 15.8 Å². The van der Waals surface area contributed by atoms with Gasteiger partial charge in [0.15, 0.2) is 5.65 Å². The molecule has 0 spiro atoms. The number of pyridine rings is 1. The molecule has 0 aromatic carbocycles. The lowest BCUT2D eigenvalue weighted by atomic mass is 10.1. The minimum atomic E-state index is -0.313. The van der Waals surface area contributed by atoms with Crippen LogP contribution in [0.2, 0.25) is 0 Å². The predicted molar refractivity (Wildman–Crippen MR) is 114 cm³/mol. The number of nitrogens with zero attached hydrogens (tertiary/aromatic N) is 4. The van der Waals surface area contributed by atoms with Gasteiger partial charge in [0.1, 0.15) is 0 Å². The van der Waals surface area contributed by atoms with Crippen molar-refractivity contribution in [3.8, 4) is 10.7 Å². The Kier molecular flexibility index (Phi) is 5.75. The van der Waals surface area contributed by atoms with E-state index < -0.39 is 0 Å². The van der Waals surface area contributed by atoms with Crippen LogP contribution in [0.15, 0.2) is 32.9 Å². The molecule has 10 heteroatoms. The highest BCUT2D eigenvalue weighted by Gasteiger charge is 2.17. The maximum Gasteiger partial charge on any atom is 0.274 e. The molecule has 0 bridgehead atoms. The molecule has 0 aliphatic rings. The van der Waals surface area contributed by atoms with Crippen molar-refractivity contribution in [2.75, 3.05) is 6.54 Å². The Labute approximate surface area is 176 Å². The van der Waals surface area contributed by atoms with E-state index in [1.165, 1.54) is 4.68 Å². The molecule has 4 aromatic heterocycles. The number of carbonyl (C=O) groups is 1. The lowest BCUT2D eigenvalue weighted by Gasteiger charge is -2.07. The Hall–Kier alpha value is -3.27. The molecule has 9 nitrogen and oxygen atoms in total. The van der Waals surface area contributed by atoms with Crippen LogP contribution in [-0.2, 0) is 13.5 Å². The molecule has 2 N–H and O–H groups in total. The number of nitrogens with one attached hydrogen (secondary N) is 2. The molecule has 30 heavy (non-hydrogen) atoms. The third-order valence-electron chi connectivity index (χ3n) is 4.75. The number of aromatic amines is 1. The van der Waals surface area contributed by atoms with Gasteiger partial charge in [0.2, 0.25) is 11.7 Å². The molecule has 0 unspecified atom stereocenters. The summed E-state index contributed by atoms with van der Waals surface area (Å²) in [6.07, 6.45) is 3.32. The highest BCUT2D eigenvalue weighted by Crippen LogP contribution is 2.21. The smallest absolute Gasteiger partial charge is 0.274 e. The van der Waals surface area contributed by atoms with Gasteiger partial charge in [-0.25, -0.2) is 4.98 Å². The number of H-pyrrole nitrogens is 1. The number of rotatable bonds is 8. The molecule has 0 aliphatic carbocycles. The summed E-state index contributed by atoms with van der Waals surface area (Å²) < 4.78 is 6.82. The molecule has 1 amide bonds. The van der Waals surface area contributed by atoms with Gasteiger partial charge in [-0.3, -0.25) is 19.4 Å². The van der Waals surface area contributed by atoms with Crippen LogP contribution in [0.25, 0.3) is 21.7 Å². The molecule has 4 aromatic rings. The van der Waals surface area contributed by atoms with Gasteiger partial charge in [-0.1, -0.05) is 17.6 Å². The summed E-state index contributed by atoms with van der Waals surface area (Å²) >= 11 is 1.58. The molecule has 0 radical (unpaired) electrons. The van der Waals surface area contributed by atoms with Crippen molar-refractivity contribution in [1.29, 1.82) is 0 Å². The van der Waals surface area contributed by atoms with Gasteiger partial charge in [-0.2, -0.15) is 4.98 Å². The predicted octanol–water partition coefficient (Wildman–Crippen LogP) is 2.82. The Morgan fingerprint density at radius 2 is 2.17 bits per heavy atom. The number of hydrogen-bond donors (Lipinski definition) is 2. The van der Waals surface area contributed by atoms with Crippen molar-refractivity contribution in [3.63, 3.8) is 0 Å². The zero-order chi connectivity index (χ0) is 21.1. The maximum absolute atomic E-state index is 12.6. The van der Waals surface area contributed by atoms with Crippen LogP contribution in [0.1, 0.15) is 41.2 Å². The number of aryl methyl sites for hydroxylation is 3. The van der Waals surface area contributed by atoms with Crippen LogP contribution >= 0.6 is 11.3 Å². The lowest BCUT2D eigenvalue weighted by Crippen LogP contribution is -2.25. The highest BCUT2D eigenvalue weighted by atomic mass is 32.1. The number of hydrogen-bond acceptors (Lipinski definition) is 7. The number of unbranched alkanes of at least 4 members (excludes halogenated alkanes) is 2. The quantitative estimate of drug-likeness (QED) is 0.418. The van der Waals surface area contributed by atoms with E-state index in [0.717, 1.165) is 24.1 Å². The van der Waals surface area contributed by atoms with Crippen LogP contribution in [0.3, 0.4) is 0 Å². The van der Waals surface area contributed by atoms with Gasteiger partial charge < -0.3 is 9.84 Å². The third kappa shape index (κ3) is 4.18. The summed E-state index contributed by atoms with van der Waals surface area (Å²) in [5, 5.41) is 11.8. The standard InChI is InChI=1S/C20H22N6O3S/c1-12-11-13(16-18(22-12)26(2)24-20(16)28)19(27)21-9-5-3-4-8-15-23-17(25-29-15)14-7-6-10-30-14/h6-7,10-11H,3-5,8-9H2,1-2H3,(H,21,27)(H,24,28). The van der Waals surface area contributed by atoms with Crippen LogP contribution in [0, 0.1) is 6.92 Å². The van der Waals surface area contributed by atoms with E-state index in [9.17, 15) is 9.59 Å². The first-order valence-corrected chi connectivity index (χ1v) is 10.6. The van der Waals surface area contributed by atoms with Crippen LogP contribution in [0.4, 0.5) is 0 Å². The van der Waals surface area contributed by atoms with E-state index in [1.807, 2.05) is 17.5 Å². The average molecular weight is 427 g/mol. The maximum atomic E-state index is 12.6. The minimum Gasteiger partial charge on any atom is -0.352 e. The van der Waals surface area contributed by atoms with Crippen molar-refractivity contribution in [2.24, 2.45) is 7.05 Å². The van der Waals surface area contributed by atoms with E-state index in [0.29, 0.717) is 47.0 Å². The Morgan fingerprint density at radius 3 is 2.97 bits per heavy atom. The van der Waals surface area contributed by atoms with E-state index in [1.54, 1.807) is 31.4 Å². The van der Waals surface area contributed by atoms with E-state index in [4.69, 9.17) is 4.52 Å². The second-order valence-electron chi connectivity index (χ2n) is 7.07. The van der Waals surface area contributed by atoms with Crippen molar-refractivity contribution in [2.45, 2.75) is 32.6 Å². The second kappa shape index (κ2) is 8.62.